The maximum absolute atomic E-state index is 12.9. The van der Waals surface area contributed by atoms with E-state index >= 15 is 0 Å². The summed E-state index contributed by atoms with van der Waals surface area (Å²) in [5.74, 6) is -1.16. The van der Waals surface area contributed by atoms with Crippen LogP contribution < -0.4 is 14.8 Å². The number of thiazole rings is 1. The Labute approximate surface area is 195 Å². The first-order valence-corrected chi connectivity index (χ1v) is 10.7. The standard InChI is InChI=1S/C22H19F4N3O4S/c1-29(11-19(30)27-15-4-8-18(9-5-15)33-22(24,25)26)21(31)10-16-13-34-20(28-16)12-32-17-6-2-14(23)3-7-17/h2-9,13H,10-12H2,1H3,(H,27,30). The fourth-order valence-corrected chi connectivity index (χ4v) is 3.41. The van der Waals surface area contributed by atoms with Crippen LogP contribution in [0, 0.1) is 5.82 Å². The summed E-state index contributed by atoms with van der Waals surface area (Å²) in [7, 11) is 1.45. The third-order valence-electron chi connectivity index (χ3n) is 4.29. The van der Waals surface area contributed by atoms with E-state index in [4.69, 9.17) is 4.74 Å². The molecule has 34 heavy (non-hydrogen) atoms. The molecule has 0 aliphatic carbocycles. The number of halogens is 4. The molecule has 180 valence electrons. The lowest BCUT2D eigenvalue weighted by molar-refractivity contribution is -0.274. The second-order valence-corrected chi connectivity index (χ2v) is 7.96. The second kappa shape index (κ2) is 11.0. The van der Waals surface area contributed by atoms with E-state index in [1.54, 1.807) is 5.38 Å². The van der Waals surface area contributed by atoms with E-state index in [0.29, 0.717) is 16.5 Å². The van der Waals surface area contributed by atoms with Gasteiger partial charge in [-0.05, 0) is 48.5 Å². The average molecular weight is 497 g/mol. The molecule has 7 nitrogen and oxygen atoms in total. The Bertz CT molecular complexity index is 1120. The van der Waals surface area contributed by atoms with Crippen LogP contribution in [-0.2, 0) is 22.6 Å². The molecule has 0 atom stereocenters. The number of nitrogens with zero attached hydrogens (tertiary/aromatic N) is 2. The molecule has 0 bridgehead atoms. The molecule has 0 saturated carbocycles. The summed E-state index contributed by atoms with van der Waals surface area (Å²) in [6.07, 6.45) is -4.83. The topological polar surface area (TPSA) is 80.8 Å². The van der Waals surface area contributed by atoms with Crippen LogP contribution in [0.5, 0.6) is 11.5 Å². The van der Waals surface area contributed by atoms with Crippen LogP contribution in [0.25, 0.3) is 0 Å². The summed E-state index contributed by atoms with van der Waals surface area (Å²) in [6, 6.07) is 10.2. The van der Waals surface area contributed by atoms with Crippen LogP contribution in [0.3, 0.4) is 0 Å². The maximum atomic E-state index is 12.9. The van der Waals surface area contributed by atoms with Crippen molar-refractivity contribution in [2.45, 2.75) is 19.4 Å². The largest absolute Gasteiger partial charge is 0.573 e. The van der Waals surface area contributed by atoms with Gasteiger partial charge >= 0.3 is 6.36 Å². The minimum atomic E-state index is -4.80. The van der Waals surface area contributed by atoms with E-state index in [1.807, 2.05) is 0 Å². The van der Waals surface area contributed by atoms with Crippen molar-refractivity contribution in [3.05, 3.63) is 70.4 Å². The highest BCUT2D eigenvalue weighted by Gasteiger charge is 2.31. The van der Waals surface area contributed by atoms with Gasteiger partial charge in [-0.3, -0.25) is 9.59 Å². The molecule has 0 fully saturated rings. The predicted octanol–water partition coefficient (Wildman–Crippen LogP) is 4.40. The first kappa shape index (κ1) is 25.0. The number of alkyl halides is 3. The molecule has 1 heterocycles. The van der Waals surface area contributed by atoms with Crippen LogP contribution in [0.4, 0.5) is 23.2 Å². The predicted molar refractivity (Wildman–Crippen MR) is 116 cm³/mol. The van der Waals surface area contributed by atoms with Crippen molar-refractivity contribution in [1.82, 2.24) is 9.88 Å². The van der Waals surface area contributed by atoms with Crippen LogP contribution in [0.1, 0.15) is 10.7 Å². The number of benzene rings is 2. The maximum Gasteiger partial charge on any atom is 0.573 e. The number of aromatic nitrogens is 1. The average Bonchev–Trinajstić information content (AvgIpc) is 3.21. The number of amides is 2. The molecule has 3 rings (SSSR count). The number of carbonyl (C=O) groups excluding carboxylic acids is 2. The van der Waals surface area contributed by atoms with E-state index in [1.165, 1.54) is 59.7 Å². The molecule has 0 unspecified atom stereocenters. The molecule has 0 radical (unpaired) electrons. The first-order valence-electron chi connectivity index (χ1n) is 9.78. The van der Waals surface area contributed by atoms with Gasteiger partial charge in [0.15, 0.2) is 0 Å². The van der Waals surface area contributed by atoms with Gasteiger partial charge in [0.05, 0.1) is 18.7 Å². The van der Waals surface area contributed by atoms with Crippen LogP contribution >= 0.6 is 11.3 Å². The van der Waals surface area contributed by atoms with Crippen molar-refractivity contribution in [3.63, 3.8) is 0 Å². The number of carbonyl (C=O) groups is 2. The van der Waals surface area contributed by atoms with Gasteiger partial charge in [-0.2, -0.15) is 0 Å². The van der Waals surface area contributed by atoms with Crippen molar-refractivity contribution in [3.8, 4) is 11.5 Å². The zero-order valence-corrected chi connectivity index (χ0v) is 18.6. The Balaban J connectivity index is 1.44. The molecule has 0 aliphatic heterocycles. The lowest BCUT2D eigenvalue weighted by Crippen LogP contribution is -2.35. The quantitative estimate of drug-likeness (QED) is 0.444. The summed E-state index contributed by atoms with van der Waals surface area (Å²) in [5, 5.41) is 4.84. The molecule has 3 aromatic rings. The zero-order chi connectivity index (χ0) is 24.7. The summed E-state index contributed by atoms with van der Waals surface area (Å²) in [6.45, 7) is -0.0974. The smallest absolute Gasteiger partial charge is 0.486 e. The Hall–Kier alpha value is -3.67. The molecule has 2 aromatic carbocycles. The molecule has 0 aliphatic rings. The number of likely N-dealkylation sites (N-methyl/N-ethyl adjacent to an activating group) is 1. The third-order valence-corrected chi connectivity index (χ3v) is 5.16. The monoisotopic (exact) mass is 497 g/mol. The lowest BCUT2D eigenvalue weighted by Gasteiger charge is -2.16. The summed E-state index contributed by atoms with van der Waals surface area (Å²) in [4.78, 5) is 30.1. The number of hydrogen-bond donors (Lipinski definition) is 1. The Kier molecular flexibility index (Phi) is 8.05. The summed E-state index contributed by atoms with van der Waals surface area (Å²) in [5.41, 5.74) is 0.769. The highest BCUT2D eigenvalue weighted by atomic mass is 32.1. The Morgan fingerprint density at radius 2 is 1.71 bits per heavy atom. The fourth-order valence-electron chi connectivity index (χ4n) is 2.71. The van der Waals surface area contributed by atoms with Gasteiger partial charge < -0.3 is 19.7 Å². The molecular formula is C22H19F4N3O4S. The molecule has 0 saturated heterocycles. The van der Waals surface area contributed by atoms with E-state index in [9.17, 15) is 27.2 Å². The number of nitrogens with one attached hydrogen (secondary N) is 1. The molecule has 2 amide bonds. The van der Waals surface area contributed by atoms with E-state index in [2.05, 4.69) is 15.0 Å². The van der Waals surface area contributed by atoms with Crippen molar-refractivity contribution in [1.29, 1.82) is 0 Å². The molecule has 12 heteroatoms. The molecule has 0 spiro atoms. The second-order valence-electron chi connectivity index (χ2n) is 7.02. The van der Waals surface area contributed by atoms with Gasteiger partial charge in [-0.25, -0.2) is 9.37 Å². The normalized spacial score (nSPS) is 11.1. The highest BCUT2D eigenvalue weighted by Crippen LogP contribution is 2.24. The lowest BCUT2D eigenvalue weighted by atomic mass is 10.3. The van der Waals surface area contributed by atoms with Crippen molar-refractivity contribution < 1.29 is 36.6 Å². The van der Waals surface area contributed by atoms with Crippen molar-refractivity contribution in [2.24, 2.45) is 0 Å². The van der Waals surface area contributed by atoms with Gasteiger partial charge in [-0.15, -0.1) is 24.5 Å². The van der Waals surface area contributed by atoms with Crippen molar-refractivity contribution in [2.75, 3.05) is 18.9 Å². The van der Waals surface area contributed by atoms with Gasteiger partial charge in [-0.1, -0.05) is 0 Å². The van der Waals surface area contributed by atoms with Crippen molar-refractivity contribution >= 4 is 28.8 Å². The van der Waals surface area contributed by atoms with Crippen LogP contribution in [-0.4, -0.2) is 41.7 Å². The SMILES string of the molecule is CN(CC(=O)Nc1ccc(OC(F)(F)F)cc1)C(=O)Cc1csc(COc2ccc(F)cc2)n1. The number of rotatable bonds is 9. The van der Waals surface area contributed by atoms with Gasteiger partial charge in [0.1, 0.15) is 28.9 Å². The highest BCUT2D eigenvalue weighted by molar-refractivity contribution is 7.09. The number of ether oxygens (including phenoxy) is 2. The van der Waals surface area contributed by atoms with E-state index in [0.717, 1.165) is 12.1 Å². The zero-order valence-electron chi connectivity index (χ0n) is 17.8. The molecular weight excluding hydrogens is 478 g/mol. The molecule has 1 N–H and O–H groups in total. The van der Waals surface area contributed by atoms with Gasteiger partial charge in [0, 0.05) is 18.1 Å². The Morgan fingerprint density at radius 3 is 2.35 bits per heavy atom. The Morgan fingerprint density at radius 1 is 1.06 bits per heavy atom. The third kappa shape index (κ3) is 8.03. The fraction of sp³-hybridized carbons (Fsp3) is 0.227. The summed E-state index contributed by atoms with van der Waals surface area (Å²) < 4.78 is 58.8. The van der Waals surface area contributed by atoms with Gasteiger partial charge in [0.25, 0.3) is 0 Å². The number of hydrogen-bond acceptors (Lipinski definition) is 6. The van der Waals surface area contributed by atoms with Gasteiger partial charge in [0.2, 0.25) is 11.8 Å². The minimum absolute atomic E-state index is 0.0275. The molecule has 1 aromatic heterocycles. The van der Waals surface area contributed by atoms with Crippen LogP contribution in [0.2, 0.25) is 0 Å². The van der Waals surface area contributed by atoms with E-state index < -0.39 is 18.0 Å². The van der Waals surface area contributed by atoms with E-state index in [-0.39, 0.29) is 37.0 Å². The van der Waals surface area contributed by atoms with Crippen LogP contribution in [0.15, 0.2) is 53.9 Å². The number of anilines is 1. The minimum Gasteiger partial charge on any atom is -0.486 e. The first-order chi connectivity index (χ1) is 16.1. The summed E-state index contributed by atoms with van der Waals surface area (Å²) >= 11 is 1.30.